The summed E-state index contributed by atoms with van der Waals surface area (Å²) < 4.78 is 32.4. The Morgan fingerprint density at radius 1 is 1.45 bits per heavy atom. The first-order chi connectivity index (χ1) is 9.61. The van der Waals surface area contributed by atoms with Crippen molar-refractivity contribution >= 4 is 15.9 Å². The van der Waals surface area contributed by atoms with Gasteiger partial charge in [-0.25, -0.2) is 4.98 Å². The molecule has 0 saturated heterocycles. The molecule has 7 heteroatoms. The average molecular weight is 346 g/mol. The number of nitrogens with one attached hydrogen (secondary N) is 1. The van der Waals surface area contributed by atoms with E-state index in [4.69, 9.17) is 4.74 Å². The Morgan fingerprint density at radius 3 is 2.90 bits per heavy atom. The van der Waals surface area contributed by atoms with Gasteiger partial charge >= 0.3 is 6.55 Å². The molecule has 1 heterocycles. The summed E-state index contributed by atoms with van der Waals surface area (Å²) in [5, 5.41) is 3.05. The zero-order chi connectivity index (χ0) is 14.5. The molecule has 1 N–H and O–H groups in total. The Balaban J connectivity index is 2.05. The molecule has 0 fully saturated rings. The zero-order valence-corrected chi connectivity index (χ0v) is 12.4. The maximum Gasteiger partial charge on any atom is 0.320 e. The van der Waals surface area contributed by atoms with Crippen molar-refractivity contribution in [2.75, 3.05) is 7.05 Å². The first-order valence-corrected chi connectivity index (χ1v) is 6.77. The van der Waals surface area contributed by atoms with Crippen LogP contribution in [0.4, 0.5) is 8.78 Å². The van der Waals surface area contributed by atoms with Crippen molar-refractivity contribution in [2.45, 2.75) is 19.7 Å². The quantitative estimate of drug-likeness (QED) is 0.872. The fourth-order valence-electron chi connectivity index (χ4n) is 1.75. The molecule has 0 aliphatic heterocycles. The number of hydrogen-bond acceptors (Lipinski definition) is 3. The highest BCUT2D eigenvalue weighted by Gasteiger charge is 2.12. The van der Waals surface area contributed by atoms with Crippen LogP contribution in [0.25, 0.3) is 0 Å². The van der Waals surface area contributed by atoms with E-state index in [0.717, 1.165) is 21.1 Å². The van der Waals surface area contributed by atoms with Crippen molar-refractivity contribution in [2.24, 2.45) is 0 Å². The SMILES string of the molecule is CNCc1ccc(OCc2nccn2C(F)F)c(Br)c1. The number of hydrogen-bond donors (Lipinski definition) is 1. The van der Waals surface area contributed by atoms with E-state index in [0.29, 0.717) is 5.75 Å². The van der Waals surface area contributed by atoms with Crippen LogP contribution in [-0.4, -0.2) is 16.6 Å². The topological polar surface area (TPSA) is 39.1 Å². The number of ether oxygens (including phenoxy) is 1. The standard InChI is InChI=1S/C13H14BrF2N3O/c1-17-7-9-2-3-11(10(14)6-9)20-8-12-18-4-5-19(12)13(15)16/h2-6,13,17H,7-8H2,1H3. The Morgan fingerprint density at radius 2 is 2.25 bits per heavy atom. The van der Waals surface area contributed by atoms with Gasteiger partial charge in [0.2, 0.25) is 0 Å². The first kappa shape index (κ1) is 14.9. The van der Waals surface area contributed by atoms with Crippen molar-refractivity contribution in [3.8, 4) is 5.75 Å². The molecule has 2 rings (SSSR count). The van der Waals surface area contributed by atoms with Gasteiger partial charge < -0.3 is 10.1 Å². The fourth-order valence-corrected chi connectivity index (χ4v) is 2.29. The lowest BCUT2D eigenvalue weighted by molar-refractivity contribution is 0.0632. The summed E-state index contributed by atoms with van der Waals surface area (Å²) in [6.45, 7) is -1.88. The molecule has 0 aliphatic rings. The molecule has 1 aromatic carbocycles. The molecule has 1 aromatic heterocycles. The first-order valence-electron chi connectivity index (χ1n) is 5.97. The normalized spacial score (nSPS) is 11.1. The molecule has 0 saturated carbocycles. The van der Waals surface area contributed by atoms with Crippen LogP contribution in [0, 0.1) is 0 Å². The molecule has 0 bridgehead atoms. The van der Waals surface area contributed by atoms with Crippen molar-refractivity contribution in [1.82, 2.24) is 14.9 Å². The molecule has 0 unspecified atom stereocenters. The molecule has 0 spiro atoms. The summed E-state index contributed by atoms with van der Waals surface area (Å²) >= 11 is 3.40. The Kier molecular flexibility index (Phi) is 5.08. The maximum absolute atomic E-state index is 12.7. The Labute approximate surface area is 123 Å². The van der Waals surface area contributed by atoms with Crippen molar-refractivity contribution in [1.29, 1.82) is 0 Å². The van der Waals surface area contributed by atoms with Gasteiger partial charge in [-0.15, -0.1) is 0 Å². The van der Waals surface area contributed by atoms with Gasteiger partial charge in [0.25, 0.3) is 0 Å². The summed E-state index contributed by atoms with van der Waals surface area (Å²) in [6.07, 6.45) is 2.56. The highest BCUT2D eigenvalue weighted by Crippen LogP contribution is 2.27. The third-order valence-electron chi connectivity index (χ3n) is 2.69. The largest absolute Gasteiger partial charge is 0.484 e. The number of aromatic nitrogens is 2. The molecular formula is C13H14BrF2N3O. The number of benzene rings is 1. The molecule has 0 aliphatic carbocycles. The second-order valence-electron chi connectivity index (χ2n) is 4.11. The van der Waals surface area contributed by atoms with Crippen LogP contribution in [0.1, 0.15) is 17.9 Å². The number of nitrogens with zero attached hydrogens (tertiary/aromatic N) is 2. The lowest BCUT2D eigenvalue weighted by Crippen LogP contribution is -2.08. The van der Waals surface area contributed by atoms with Crippen molar-refractivity contribution in [3.63, 3.8) is 0 Å². The molecule has 4 nitrogen and oxygen atoms in total. The predicted octanol–water partition coefficient (Wildman–Crippen LogP) is 3.34. The highest BCUT2D eigenvalue weighted by atomic mass is 79.9. The van der Waals surface area contributed by atoms with E-state index < -0.39 is 6.55 Å². The van der Waals surface area contributed by atoms with Crippen LogP contribution in [0.2, 0.25) is 0 Å². The minimum absolute atomic E-state index is 0.0126. The van der Waals surface area contributed by atoms with Crippen LogP contribution in [-0.2, 0) is 13.2 Å². The third kappa shape index (κ3) is 3.55. The van der Waals surface area contributed by atoms with Gasteiger partial charge in [0.05, 0.1) is 4.47 Å². The van der Waals surface area contributed by atoms with Crippen LogP contribution in [0.15, 0.2) is 35.1 Å². The summed E-state index contributed by atoms with van der Waals surface area (Å²) in [6, 6.07) is 5.63. The van der Waals surface area contributed by atoms with Gasteiger partial charge in [-0.1, -0.05) is 6.07 Å². The summed E-state index contributed by atoms with van der Waals surface area (Å²) in [7, 11) is 1.86. The van der Waals surface area contributed by atoms with Crippen molar-refractivity contribution in [3.05, 3.63) is 46.5 Å². The van der Waals surface area contributed by atoms with Crippen LogP contribution in [0.3, 0.4) is 0 Å². The van der Waals surface area contributed by atoms with E-state index in [9.17, 15) is 8.78 Å². The van der Waals surface area contributed by atoms with E-state index in [1.165, 1.54) is 12.4 Å². The molecule has 108 valence electrons. The van der Waals surface area contributed by atoms with E-state index in [2.05, 4.69) is 26.2 Å². The second kappa shape index (κ2) is 6.81. The molecule has 20 heavy (non-hydrogen) atoms. The van der Waals surface area contributed by atoms with E-state index in [-0.39, 0.29) is 12.4 Å². The summed E-state index contributed by atoms with van der Waals surface area (Å²) in [5.74, 6) is 0.778. The molecule has 0 radical (unpaired) electrons. The average Bonchev–Trinajstić information content (AvgIpc) is 2.86. The van der Waals surface area contributed by atoms with E-state index in [1.807, 2.05) is 19.2 Å². The molecular weight excluding hydrogens is 332 g/mol. The summed E-state index contributed by atoms with van der Waals surface area (Å²) in [5.41, 5.74) is 1.10. The lowest BCUT2D eigenvalue weighted by Gasteiger charge is -2.11. The Hall–Kier alpha value is -1.47. The van der Waals surface area contributed by atoms with Crippen LogP contribution < -0.4 is 10.1 Å². The highest BCUT2D eigenvalue weighted by molar-refractivity contribution is 9.10. The van der Waals surface area contributed by atoms with Gasteiger partial charge in [-0.2, -0.15) is 8.78 Å². The minimum Gasteiger partial charge on any atom is -0.484 e. The minimum atomic E-state index is -2.61. The molecule has 0 atom stereocenters. The van der Waals surface area contributed by atoms with Crippen LogP contribution >= 0.6 is 15.9 Å². The van der Waals surface area contributed by atoms with Gasteiger partial charge in [-0.3, -0.25) is 4.57 Å². The predicted molar refractivity (Wildman–Crippen MR) is 74.7 cm³/mol. The van der Waals surface area contributed by atoms with E-state index in [1.54, 1.807) is 6.07 Å². The third-order valence-corrected chi connectivity index (χ3v) is 3.31. The van der Waals surface area contributed by atoms with Crippen LogP contribution in [0.5, 0.6) is 5.75 Å². The smallest absolute Gasteiger partial charge is 0.320 e. The number of alkyl halides is 2. The Bertz CT molecular complexity index is 574. The maximum atomic E-state index is 12.7. The summed E-state index contributed by atoms with van der Waals surface area (Å²) in [4.78, 5) is 3.86. The monoisotopic (exact) mass is 345 g/mol. The van der Waals surface area contributed by atoms with Gasteiger partial charge in [0.1, 0.15) is 12.4 Å². The van der Waals surface area contributed by atoms with Crippen molar-refractivity contribution < 1.29 is 13.5 Å². The lowest BCUT2D eigenvalue weighted by atomic mass is 10.2. The van der Waals surface area contributed by atoms with Gasteiger partial charge in [0, 0.05) is 18.9 Å². The zero-order valence-electron chi connectivity index (χ0n) is 10.8. The fraction of sp³-hybridized carbons (Fsp3) is 0.308. The molecule has 0 amide bonds. The van der Waals surface area contributed by atoms with E-state index >= 15 is 0 Å². The second-order valence-corrected chi connectivity index (χ2v) is 4.97. The van der Waals surface area contributed by atoms with Gasteiger partial charge in [0.15, 0.2) is 5.82 Å². The van der Waals surface area contributed by atoms with Gasteiger partial charge in [-0.05, 0) is 40.7 Å². The number of rotatable bonds is 6. The number of halogens is 3. The number of imidazole rings is 1. The molecule has 2 aromatic rings.